The number of ketones is 1. The number of hydrogen-bond acceptors (Lipinski definition) is 2. The molecular weight excluding hydrogens is 190 g/mol. The fraction of sp³-hybridized carbons (Fsp3) is 0.500. The fourth-order valence-electron chi connectivity index (χ4n) is 2.32. The summed E-state index contributed by atoms with van der Waals surface area (Å²) >= 11 is 0. The Labute approximate surface area is 89.2 Å². The third-order valence-corrected chi connectivity index (χ3v) is 2.99. The van der Waals surface area contributed by atoms with E-state index in [0.29, 0.717) is 12.3 Å². The summed E-state index contributed by atoms with van der Waals surface area (Å²) in [5, 5.41) is 2.80. The van der Waals surface area contributed by atoms with Crippen LogP contribution in [0.25, 0.3) is 0 Å². The molecule has 80 valence electrons. The maximum absolute atomic E-state index is 11.6. The highest BCUT2D eigenvalue weighted by molar-refractivity contribution is 5.97. The monoisotopic (exact) mass is 205 g/mol. The number of carbonyl (C=O) groups excluding carboxylic acids is 2. The molecule has 0 spiro atoms. The molecule has 1 unspecified atom stereocenters. The minimum absolute atomic E-state index is 0.0414. The summed E-state index contributed by atoms with van der Waals surface area (Å²) in [7, 11) is 0. The molecule has 3 nitrogen and oxygen atoms in total. The summed E-state index contributed by atoms with van der Waals surface area (Å²) in [5.74, 6) is 0.572. The van der Waals surface area contributed by atoms with Gasteiger partial charge in [0.15, 0.2) is 5.78 Å². The molecule has 1 N–H and O–H groups in total. The van der Waals surface area contributed by atoms with Crippen molar-refractivity contribution in [2.75, 3.05) is 0 Å². The van der Waals surface area contributed by atoms with E-state index in [4.69, 9.17) is 0 Å². The van der Waals surface area contributed by atoms with Crippen molar-refractivity contribution in [2.24, 2.45) is 5.92 Å². The number of nitrogens with one attached hydrogen (secondary N) is 1. The van der Waals surface area contributed by atoms with Gasteiger partial charge in [0.05, 0.1) is 0 Å². The first-order valence-electron chi connectivity index (χ1n) is 5.38. The number of fused-ring (bicyclic) bond motifs is 1. The van der Waals surface area contributed by atoms with Crippen molar-refractivity contribution >= 4 is 11.7 Å². The van der Waals surface area contributed by atoms with Gasteiger partial charge in [-0.15, -0.1) is 0 Å². The van der Waals surface area contributed by atoms with E-state index in [0.717, 1.165) is 30.5 Å². The highest BCUT2D eigenvalue weighted by atomic mass is 16.1. The lowest BCUT2D eigenvalue weighted by Gasteiger charge is -2.27. The van der Waals surface area contributed by atoms with E-state index in [2.05, 4.69) is 5.32 Å². The van der Waals surface area contributed by atoms with Gasteiger partial charge in [-0.3, -0.25) is 9.59 Å². The van der Waals surface area contributed by atoms with Gasteiger partial charge in [0.1, 0.15) is 0 Å². The van der Waals surface area contributed by atoms with E-state index < -0.39 is 0 Å². The van der Waals surface area contributed by atoms with Gasteiger partial charge in [-0.2, -0.15) is 0 Å². The maximum Gasteiger partial charge on any atom is 0.220 e. The first-order valence-corrected chi connectivity index (χ1v) is 5.38. The first-order chi connectivity index (χ1) is 7.16. The first kappa shape index (κ1) is 10.1. The highest BCUT2D eigenvalue weighted by Crippen LogP contribution is 2.33. The molecule has 2 aliphatic carbocycles. The number of Topliss-reactive ketones (excluding diaryl/α,β-unsaturated/α-hetero) is 1. The van der Waals surface area contributed by atoms with Gasteiger partial charge in [0.2, 0.25) is 5.91 Å². The molecule has 1 fully saturated rings. The predicted octanol–water partition coefficient (Wildman–Crippen LogP) is 1.71. The molecule has 0 aromatic rings. The Morgan fingerprint density at radius 3 is 3.00 bits per heavy atom. The molecule has 2 aliphatic rings. The third kappa shape index (κ3) is 2.17. The largest absolute Gasteiger partial charge is 0.330 e. The van der Waals surface area contributed by atoms with Crippen molar-refractivity contribution in [2.45, 2.75) is 32.6 Å². The van der Waals surface area contributed by atoms with Gasteiger partial charge in [0, 0.05) is 19.0 Å². The molecule has 1 saturated carbocycles. The van der Waals surface area contributed by atoms with Gasteiger partial charge in [-0.25, -0.2) is 0 Å². The molecular formula is C12H15NO2. The molecule has 3 heteroatoms. The number of amides is 1. The zero-order valence-electron chi connectivity index (χ0n) is 8.88. The van der Waals surface area contributed by atoms with Crippen LogP contribution in [0.15, 0.2) is 23.4 Å². The van der Waals surface area contributed by atoms with E-state index in [1.807, 2.05) is 12.2 Å². The lowest BCUT2D eigenvalue weighted by molar-refractivity contribution is -0.118. The summed E-state index contributed by atoms with van der Waals surface area (Å²) in [5.41, 5.74) is 1.89. The van der Waals surface area contributed by atoms with Crippen LogP contribution in [-0.2, 0) is 9.59 Å². The second-order valence-corrected chi connectivity index (χ2v) is 4.21. The second-order valence-electron chi connectivity index (χ2n) is 4.21. The topological polar surface area (TPSA) is 46.2 Å². The average molecular weight is 205 g/mol. The zero-order chi connectivity index (χ0) is 10.8. The van der Waals surface area contributed by atoms with Gasteiger partial charge in [0.25, 0.3) is 0 Å². The van der Waals surface area contributed by atoms with E-state index in [9.17, 15) is 9.59 Å². The number of hydrogen-bond donors (Lipinski definition) is 1. The average Bonchev–Trinajstić information content (AvgIpc) is 2.17. The minimum Gasteiger partial charge on any atom is -0.330 e. The van der Waals surface area contributed by atoms with Crippen molar-refractivity contribution in [3.05, 3.63) is 23.4 Å². The van der Waals surface area contributed by atoms with Crippen LogP contribution in [0, 0.1) is 5.92 Å². The van der Waals surface area contributed by atoms with E-state index >= 15 is 0 Å². The molecule has 0 aromatic heterocycles. The van der Waals surface area contributed by atoms with Crippen molar-refractivity contribution < 1.29 is 9.59 Å². The number of carbonyl (C=O) groups is 2. The third-order valence-electron chi connectivity index (χ3n) is 2.99. The molecule has 0 radical (unpaired) electrons. The van der Waals surface area contributed by atoms with Crippen LogP contribution in [0.2, 0.25) is 0 Å². The van der Waals surface area contributed by atoms with Gasteiger partial charge in [-0.05, 0) is 36.8 Å². The van der Waals surface area contributed by atoms with Crippen LogP contribution < -0.4 is 5.32 Å². The van der Waals surface area contributed by atoms with Crippen molar-refractivity contribution in [3.63, 3.8) is 0 Å². The Kier molecular flexibility index (Phi) is 2.71. The van der Waals surface area contributed by atoms with Gasteiger partial charge >= 0.3 is 0 Å². The smallest absolute Gasteiger partial charge is 0.220 e. The van der Waals surface area contributed by atoms with Crippen molar-refractivity contribution in [3.8, 4) is 0 Å². The number of allylic oxidation sites excluding steroid dienone is 4. The summed E-state index contributed by atoms with van der Waals surface area (Å²) < 4.78 is 0. The Bertz CT molecular complexity index is 366. The van der Waals surface area contributed by atoms with Crippen LogP contribution in [0.1, 0.15) is 32.6 Å². The van der Waals surface area contributed by atoms with E-state index in [1.165, 1.54) is 6.92 Å². The summed E-state index contributed by atoms with van der Waals surface area (Å²) in [6.07, 6.45) is 7.27. The van der Waals surface area contributed by atoms with Gasteiger partial charge < -0.3 is 5.32 Å². The Morgan fingerprint density at radius 2 is 2.27 bits per heavy atom. The summed E-state index contributed by atoms with van der Waals surface area (Å²) in [6.45, 7) is 1.51. The molecule has 0 bridgehead atoms. The summed E-state index contributed by atoms with van der Waals surface area (Å²) in [6, 6.07) is 0. The van der Waals surface area contributed by atoms with Gasteiger partial charge in [-0.1, -0.05) is 6.08 Å². The Morgan fingerprint density at radius 1 is 1.47 bits per heavy atom. The molecule has 1 atom stereocenters. The Balaban J connectivity index is 2.15. The second kappa shape index (κ2) is 4.01. The van der Waals surface area contributed by atoms with Crippen molar-refractivity contribution in [1.29, 1.82) is 0 Å². The minimum atomic E-state index is -0.0414. The zero-order valence-corrected chi connectivity index (χ0v) is 8.88. The van der Waals surface area contributed by atoms with Crippen LogP contribution in [-0.4, -0.2) is 11.7 Å². The van der Waals surface area contributed by atoms with E-state index in [-0.39, 0.29) is 11.7 Å². The van der Waals surface area contributed by atoms with Crippen LogP contribution in [0.5, 0.6) is 0 Å². The lowest BCUT2D eigenvalue weighted by Crippen LogP contribution is -2.27. The maximum atomic E-state index is 11.6. The molecule has 15 heavy (non-hydrogen) atoms. The SMILES string of the molecule is CC(=O)NC1=CC=C2C(=O)CCCC2C1. The van der Waals surface area contributed by atoms with Crippen LogP contribution in [0.3, 0.4) is 0 Å². The molecule has 0 aromatic carbocycles. The standard InChI is InChI=1S/C12H15NO2/c1-8(14)13-10-5-6-11-9(7-10)3-2-4-12(11)15/h5-6,9H,2-4,7H2,1H3,(H,13,14). The molecule has 0 saturated heterocycles. The predicted molar refractivity (Wildman–Crippen MR) is 56.9 cm³/mol. The van der Waals surface area contributed by atoms with E-state index in [1.54, 1.807) is 0 Å². The highest BCUT2D eigenvalue weighted by Gasteiger charge is 2.27. The molecule has 0 aliphatic heterocycles. The molecule has 2 rings (SSSR count). The lowest BCUT2D eigenvalue weighted by atomic mass is 9.78. The molecule has 0 heterocycles. The Hall–Kier alpha value is -1.38. The van der Waals surface area contributed by atoms with Crippen LogP contribution in [0.4, 0.5) is 0 Å². The number of rotatable bonds is 1. The normalized spacial score (nSPS) is 25.1. The quantitative estimate of drug-likeness (QED) is 0.708. The van der Waals surface area contributed by atoms with Crippen LogP contribution >= 0.6 is 0 Å². The summed E-state index contributed by atoms with van der Waals surface area (Å²) in [4.78, 5) is 22.5. The molecule has 1 amide bonds. The van der Waals surface area contributed by atoms with Crippen molar-refractivity contribution in [1.82, 2.24) is 5.32 Å². The fourth-order valence-corrected chi connectivity index (χ4v) is 2.32.